The lowest BCUT2D eigenvalue weighted by Crippen LogP contribution is -2.40. The molecule has 5 rings (SSSR count). The molecule has 282 valence electrons. The quantitative estimate of drug-likeness (QED) is 0.0318. The largest absolute Gasteiger partial charge is 0.492 e. The topological polar surface area (TPSA) is 211 Å². The Morgan fingerprint density at radius 3 is 1.98 bits per heavy atom. The lowest BCUT2D eigenvalue weighted by atomic mass is 9.99. The molecule has 15 nitrogen and oxygen atoms in total. The molecular formula is C36H41N3O12S2+2. The number of fused-ring (bicyclic) bond motifs is 2. The van der Waals surface area contributed by atoms with Gasteiger partial charge in [0.1, 0.15) is 12.3 Å². The maximum absolute atomic E-state index is 14.4. The van der Waals surface area contributed by atoms with Crippen LogP contribution < -0.4 is 14.1 Å². The second-order valence-corrected chi connectivity index (χ2v) is 16.7. The molecule has 0 saturated carbocycles. The molecule has 0 saturated heterocycles. The van der Waals surface area contributed by atoms with E-state index in [9.17, 15) is 45.7 Å². The average Bonchev–Trinajstić information content (AvgIpc) is 3.36. The summed E-state index contributed by atoms with van der Waals surface area (Å²) in [6, 6.07) is 17.8. The van der Waals surface area contributed by atoms with Gasteiger partial charge in [-0.3, -0.25) is 9.11 Å². The Morgan fingerprint density at radius 1 is 0.774 bits per heavy atom. The number of carbonyl (C=O) groups is 2. The van der Waals surface area contributed by atoms with Gasteiger partial charge in [0.15, 0.2) is 6.54 Å². The molecule has 0 spiro atoms. The van der Waals surface area contributed by atoms with E-state index < -0.39 is 49.7 Å². The summed E-state index contributed by atoms with van der Waals surface area (Å²) in [7, 11) is -4.53. The van der Waals surface area contributed by atoms with E-state index >= 15 is 0 Å². The monoisotopic (exact) mass is 771 g/mol. The minimum atomic E-state index is -4.23. The van der Waals surface area contributed by atoms with Crippen LogP contribution in [0.5, 0.6) is 17.5 Å². The predicted octanol–water partition coefficient (Wildman–Crippen LogP) is 3.73. The van der Waals surface area contributed by atoms with Gasteiger partial charge < -0.3 is 24.3 Å². The minimum Gasteiger partial charge on any atom is -0.492 e. The van der Waals surface area contributed by atoms with E-state index in [1.54, 1.807) is 38.1 Å². The summed E-state index contributed by atoms with van der Waals surface area (Å²) in [6.07, 6.45) is 0.310. The number of carbonyl (C=O) groups excluding carboxylic acids is 2. The number of hydrogen-bond donors (Lipinski definition) is 4. The molecule has 5 aromatic rings. The first-order valence-corrected chi connectivity index (χ1v) is 19.7. The summed E-state index contributed by atoms with van der Waals surface area (Å²) >= 11 is 0. The van der Waals surface area contributed by atoms with Crippen LogP contribution in [0, 0.1) is 13.8 Å². The third kappa shape index (κ3) is 9.49. The van der Waals surface area contributed by atoms with Crippen molar-refractivity contribution in [3.05, 3.63) is 94.5 Å². The van der Waals surface area contributed by atoms with E-state index in [2.05, 4.69) is 0 Å². The Balaban J connectivity index is 1.57. The standard InChI is InChI=1S/C36H39N3O12S2/c1-23-19-26(35(42)51-38-31(40)13-14-32(38)41)20-24(2)34(23)50-36(43)33-27-9-5-6-10-29(27)37(15-7-17-52(44,45)46)30-12-11-25(21-28(30)33)22-39(3,4)16-8-18-53(47,48)49/h5-6,9-14,19-21H,7-8,15-18,22H2,1-4H3,(H2-,43,44,45,46,47,48,49)/p+2. The fourth-order valence-electron chi connectivity index (χ4n) is 6.43. The Labute approximate surface area is 306 Å². The van der Waals surface area contributed by atoms with Crippen molar-refractivity contribution < 1.29 is 64.4 Å². The van der Waals surface area contributed by atoms with Crippen molar-refractivity contribution in [2.45, 2.75) is 39.8 Å². The fraction of sp³-hybridized carbons (Fsp3) is 0.306. The van der Waals surface area contributed by atoms with E-state index in [4.69, 9.17) is 9.57 Å². The second-order valence-electron chi connectivity index (χ2n) is 13.5. The second kappa shape index (κ2) is 15.1. The highest BCUT2D eigenvalue weighted by molar-refractivity contribution is 7.86. The van der Waals surface area contributed by atoms with Crippen molar-refractivity contribution >= 4 is 54.0 Å². The number of rotatable bonds is 14. The maximum Gasteiger partial charge on any atom is 0.363 e. The third-order valence-electron chi connectivity index (χ3n) is 8.71. The number of esters is 1. The molecule has 0 aliphatic rings. The summed E-state index contributed by atoms with van der Waals surface area (Å²) in [5, 5.41) is 20.7. The Hall–Kier alpha value is -5.07. The summed E-state index contributed by atoms with van der Waals surface area (Å²) in [6.45, 7) is 4.33. The first-order valence-electron chi connectivity index (χ1n) is 16.5. The van der Waals surface area contributed by atoms with Crippen molar-refractivity contribution in [3.8, 4) is 17.5 Å². The van der Waals surface area contributed by atoms with E-state index in [1.165, 1.54) is 12.1 Å². The SMILES string of the molecule is Cc1cc(C(=O)On2c(O)ccc2O)cc(C)c1OC(=O)c1c2ccccc2[n+](CCCS(=O)(=O)O)c2ccc(C[N+](C)(C)CCCS(=O)(=O)O)cc12. The molecule has 53 heavy (non-hydrogen) atoms. The lowest BCUT2D eigenvalue weighted by Gasteiger charge is -2.30. The molecule has 0 aliphatic carbocycles. The molecule has 0 fully saturated rings. The Kier molecular flexibility index (Phi) is 11.2. The molecule has 3 aromatic carbocycles. The van der Waals surface area contributed by atoms with Crippen molar-refractivity contribution in [1.29, 1.82) is 0 Å². The summed E-state index contributed by atoms with van der Waals surface area (Å²) in [4.78, 5) is 32.4. The number of aromatic nitrogens is 2. The van der Waals surface area contributed by atoms with Gasteiger partial charge in [-0.2, -0.15) is 21.4 Å². The molecule has 0 amide bonds. The number of pyridine rings is 1. The van der Waals surface area contributed by atoms with Crippen LogP contribution in [-0.4, -0.2) is 89.5 Å². The van der Waals surface area contributed by atoms with Gasteiger partial charge in [-0.1, -0.05) is 12.1 Å². The molecule has 2 heterocycles. The Bertz CT molecular complexity index is 2410. The van der Waals surface area contributed by atoms with Crippen LogP contribution in [0.1, 0.15) is 50.2 Å². The highest BCUT2D eigenvalue weighted by Gasteiger charge is 2.28. The molecule has 0 radical (unpaired) electrons. The molecular weight excluding hydrogens is 731 g/mol. The molecule has 0 unspecified atom stereocenters. The van der Waals surface area contributed by atoms with Crippen molar-refractivity contribution in [3.63, 3.8) is 0 Å². The number of benzene rings is 3. The van der Waals surface area contributed by atoms with Gasteiger partial charge in [0, 0.05) is 42.7 Å². The zero-order valence-corrected chi connectivity index (χ0v) is 31.1. The normalized spacial score (nSPS) is 12.3. The number of quaternary nitrogens is 1. The predicted molar refractivity (Wildman–Crippen MR) is 194 cm³/mol. The van der Waals surface area contributed by atoms with Crippen LogP contribution >= 0.6 is 0 Å². The number of aromatic hydroxyl groups is 2. The maximum atomic E-state index is 14.4. The molecule has 0 atom stereocenters. The van der Waals surface area contributed by atoms with E-state index in [0.717, 1.165) is 17.7 Å². The summed E-state index contributed by atoms with van der Waals surface area (Å²) in [5.74, 6) is -3.23. The molecule has 0 bridgehead atoms. The van der Waals surface area contributed by atoms with Gasteiger partial charge in [0.2, 0.25) is 22.8 Å². The minimum absolute atomic E-state index is 0.0656. The number of aryl methyl sites for hydroxylation is 3. The zero-order chi connectivity index (χ0) is 38.9. The Morgan fingerprint density at radius 2 is 1.36 bits per heavy atom. The fourth-order valence-corrected chi connectivity index (χ4v) is 7.42. The smallest absolute Gasteiger partial charge is 0.363 e. The van der Waals surface area contributed by atoms with Crippen LogP contribution in [0.4, 0.5) is 0 Å². The number of para-hydroxylation sites is 1. The number of hydrogen-bond acceptors (Lipinski definition) is 10. The van der Waals surface area contributed by atoms with Gasteiger partial charge in [-0.05, 0) is 55.3 Å². The molecule has 2 aromatic heterocycles. The molecule has 0 aliphatic heterocycles. The van der Waals surface area contributed by atoms with Crippen molar-refractivity contribution in [2.24, 2.45) is 0 Å². The molecule has 4 N–H and O–H groups in total. The lowest BCUT2D eigenvalue weighted by molar-refractivity contribution is -0.903. The van der Waals surface area contributed by atoms with Gasteiger partial charge >= 0.3 is 11.9 Å². The van der Waals surface area contributed by atoms with E-state index in [1.807, 2.05) is 36.9 Å². The van der Waals surface area contributed by atoms with Gasteiger partial charge in [0.05, 0.1) is 54.0 Å². The van der Waals surface area contributed by atoms with Crippen LogP contribution in [-0.2, 0) is 33.3 Å². The van der Waals surface area contributed by atoms with Gasteiger partial charge in [0.25, 0.3) is 20.2 Å². The van der Waals surface area contributed by atoms with Gasteiger partial charge in [-0.15, -0.1) is 4.73 Å². The average molecular weight is 772 g/mol. The highest BCUT2D eigenvalue weighted by Crippen LogP contribution is 2.31. The first kappa shape index (κ1) is 39.1. The zero-order valence-electron chi connectivity index (χ0n) is 29.5. The molecule has 17 heteroatoms. The first-order chi connectivity index (χ1) is 24.7. The summed E-state index contributed by atoms with van der Waals surface area (Å²) < 4.78 is 73.2. The van der Waals surface area contributed by atoms with Crippen LogP contribution in [0.25, 0.3) is 21.8 Å². The van der Waals surface area contributed by atoms with Gasteiger partial charge in [-0.25, -0.2) is 9.59 Å². The van der Waals surface area contributed by atoms with Crippen molar-refractivity contribution in [2.75, 3.05) is 32.1 Å². The highest BCUT2D eigenvalue weighted by atomic mass is 32.2. The van der Waals surface area contributed by atoms with Crippen molar-refractivity contribution in [1.82, 2.24) is 4.73 Å². The number of nitrogens with zero attached hydrogens (tertiary/aromatic N) is 3. The van der Waals surface area contributed by atoms with Crippen LogP contribution in [0.2, 0.25) is 0 Å². The summed E-state index contributed by atoms with van der Waals surface area (Å²) in [5.41, 5.74) is 3.13. The van der Waals surface area contributed by atoms with Crippen LogP contribution in [0.15, 0.2) is 66.7 Å². The third-order valence-corrected chi connectivity index (χ3v) is 10.3. The van der Waals surface area contributed by atoms with E-state index in [0.29, 0.717) is 55.2 Å². The number of ether oxygens (including phenoxy) is 1. The van der Waals surface area contributed by atoms with Crippen LogP contribution in [0.3, 0.4) is 0 Å². The van der Waals surface area contributed by atoms with E-state index in [-0.39, 0.29) is 42.0 Å².